The van der Waals surface area contributed by atoms with Gasteiger partial charge >= 0.3 is 0 Å². The maximum atomic E-state index is 13.7. The number of carbonyl (C=O) groups is 1. The van der Waals surface area contributed by atoms with Crippen LogP contribution in [0.5, 0.6) is 0 Å². The van der Waals surface area contributed by atoms with Gasteiger partial charge in [-0.25, -0.2) is 4.39 Å². The van der Waals surface area contributed by atoms with Crippen LogP contribution in [0.4, 0.5) is 4.39 Å². The minimum atomic E-state index is -0.556. The van der Waals surface area contributed by atoms with Crippen LogP contribution in [0.2, 0.25) is 10.0 Å². The van der Waals surface area contributed by atoms with Crippen molar-refractivity contribution in [3.8, 4) is 0 Å². The second-order valence-corrected chi connectivity index (χ2v) is 4.61. The number of benzene rings is 2. The predicted octanol–water partition coefficient (Wildman–Crippen LogP) is 4.56. The Labute approximate surface area is 114 Å². The summed E-state index contributed by atoms with van der Waals surface area (Å²) in [6.07, 6.45) is -0.0594. The molecule has 4 heteroatoms. The second kappa shape index (κ2) is 5.51. The van der Waals surface area contributed by atoms with Gasteiger partial charge < -0.3 is 0 Å². The van der Waals surface area contributed by atoms with Crippen molar-refractivity contribution in [1.29, 1.82) is 0 Å². The molecule has 0 aromatic heterocycles. The van der Waals surface area contributed by atoms with Crippen LogP contribution in [0.3, 0.4) is 0 Å². The van der Waals surface area contributed by atoms with Gasteiger partial charge in [0.05, 0.1) is 10.0 Å². The normalized spacial score (nSPS) is 10.4. The second-order valence-electron chi connectivity index (χ2n) is 3.79. The lowest BCUT2D eigenvalue weighted by molar-refractivity contribution is 0.0992. The molecule has 0 saturated heterocycles. The quantitative estimate of drug-likeness (QED) is 0.755. The fourth-order valence-corrected chi connectivity index (χ4v) is 2.08. The number of ketones is 1. The molecule has 1 nitrogen and oxygen atoms in total. The van der Waals surface area contributed by atoms with E-state index in [0.717, 1.165) is 0 Å². The Bertz CT molecular complexity index is 596. The van der Waals surface area contributed by atoms with Crippen LogP contribution in [-0.2, 0) is 6.42 Å². The van der Waals surface area contributed by atoms with E-state index in [1.807, 2.05) is 0 Å². The first kappa shape index (κ1) is 13.1. The summed E-state index contributed by atoms with van der Waals surface area (Å²) in [6.45, 7) is 0. The summed E-state index contributed by atoms with van der Waals surface area (Å²) in [7, 11) is 0. The Morgan fingerprint density at radius 1 is 1.00 bits per heavy atom. The highest BCUT2D eigenvalue weighted by atomic mass is 35.5. The monoisotopic (exact) mass is 282 g/mol. The summed E-state index contributed by atoms with van der Waals surface area (Å²) in [5.74, 6) is -0.790. The number of hydrogen-bond donors (Lipinski definition) is 0. The summed E-state index contributed by atoms with van der Waals surface area (Å²) in [4.78, 5) is 12.0. The van der Waals surface area contributed by atoms with Crippen molar-refractivity contribution in [2.45, 2.75) is 6.42 Å². The van der Waals surface area contributed by atoms with Crippen LogP contribution in [0.1, 0.15) is 15.9 Å². The van der Waals surface area contributed by atoms with E-state index in [0.29, 0.717) is 10.6 Å². The molecular formula is C14H9Cl2FO. The van der Waals surface area contributed by atoms with Gasteiger partial charge in [-0.15, -0.1) is 0 Å². The van der Waals surface area contributed by atoms with Crippen LogP contribution in [0, 0.1) is 5.82 Å². The third-order valence-electron chi connectivity index (χ3n) is 2.56. The highest BCUT2D eigenvalue weighted by molar-refractivity contribution is 6.34. The highest BCUT2D eigenvalue weighted by Crippen LogP contribution is 2.21. The van der Waals surface area contributed by atoms with Gasteiger partial charge in [-0.1, -0.05) is 47.5 Å². The van der Waals surface area contributed by atoms with E-state index in [4.69, 9.17) is 23.2 Å². The molecule has 0 aliphatic carbocycles. The average Bonchev–Trinajstić information content (AvgIpc) is 2.35. The summed E-state index contributed by atoms with van der Waals surface area (Å²) in [5, 5.41) is 0.379. The first-order valence-electron chi connectivity index (χ1n) is 5.30. The molecule has 0 aliphatic heterocycles. The molecule has 0 saturated carbocycles. The van der Waals surface area contributed by atoms with Crippen LogP contribution in [-0.4, -0.2) is 5.78 Å². The van der Waals surface area contributed by atoms with E-state index >= 15 is 0 Å². The first-order valence-corrected chi connectivity index (χ1v) is 6.06. The molecule has 0 radical (unpaired) electrons. The number of rotatable bonds is 3. The van der Waals surface area contributed by atoms with Crippen LogP contribution < -0.4 is 0 Å². The van der Waals surface area contributed by atoms with Crippen LogP contribution >= 0.6 is 23.2 Å². The molecule has 0 atom stereocenters. The Balaban J connectivity index is 2.27. The van der Waals surface area contributed by atoms with Gasteiger partial charge in [0.25, 0.3) is 0 Å². The summed E-state index contributed by atoms with van der Waals surface area (Å²) >= 11 is 11.6. The molecule has 0 aliphatic rings. The molecule has 0 amide bonds. The number of carbonyl (C=O) groups excluding carboxylic acids is 1. The smallest absolute Gasteiger partial charge is 0.168 e. The lowest BCUT2D eigenvalue weighted by Crippen LogP contribution is -2.06. The molecule has 2 aromatic rings. The third kappa shape index (κ3) is 2.71. The van der Waals surface area contributed by atoms with Gasteiger partial charge in [0.15, 0.2) is 5.78 Å². The molecule has 0 heterocycles. The third-order valence-corrected chi connectivity index (χ3v) is 3.18. The zero-order valence-corrected chi connectivity index (χ0v) is 10.8. The van der Waals surface area contributed by atoms with E-state index < -0.39 is 5.82 Å². The fraction of sp³-hybridized carbons (Fsp3) is 0.0714. The molecule has 0 bridgehead atoms. The van der Waals surface area contributed by atoms with Crippen LogP contribution in [0.25, 0.3) is 0 Å². The van der Waals surface area contributed by atoms with Gasteiger partial charge in [-0.05, 0) is 23.8 Å². The minimum absolute atomic E-state index is 0.0134. The van der Waals surface area contributed by atoms with E-state index in [1.54, 1.807) is 30.3 Å². The molecule has 18 heavy (non-hydrogen) atoms. The van der Waals surface area contributed by atoms with E-state index in [-0.39, 0.29) is 22.8 Å². The topological polar surface area (TPSA) is 17.1 Å². The van der Waals surface area contributed by atoms with Crippen molar-refractivity contribution in [3.05, 3.63) is 69.5 Å². The molecular weight excluding hydrogens is 274 g/mol. The maximum absolute atomic E-state index is 13.7. The van der Waals surface area contributed by atoms with Gasteiger partial charge in [-0.3, -0.25) is 4.79 Å². The van der Waals surface area contributed by atoms with Crippen molar-refractivity contribution in [2.24, 2.45) is 0 Å². The standard InChI is InChI=1S/C14H9Cl2FO/c15-11-6-2-1-5-10(11)13(18)8-9-4-3-7-12(16)14(9)17/h1-7H,8H2. The van der Waals surface area contributed by atoms with Crippen molar-refractivity contribution in [2.75, 3.05) is 0 Å². The van der Waals surface area contributed by atoms with Gasteiger partial charge in [-0.2, -0.15) is 0 Å². The first-order chi connectivity index (χ1) is 8.59. The summed E-state index contributed by atoms with van der Waals surface area (Å²) in [6, 6.07) is 11.3. The Morgan fingerprint density at radius 3 is 2.39 bits per heavy atom. The van der Waals surface area contributed by atoms with E-state index in [9.17, 15) is 9.18 Å². The molecule has 0 fully saturated rings. The van der Waals surface area contributed by atoms with Crippen molar-refractivity contribution >= 4 is 29.0 Å². The number of hydrogen-bond acceptors (Lipinski definition) is 1. The molecule has 92 valence electrons. The lowest BCUT2D eigenvalue weighted by Gasteiger charge is -2.05. The summed E-state index contributed by atoms with van der Waals surface area (Å²) < 4.78 is 13.7. The lowest BCUT2D eigenvalue weighted by atomic mass is 10.0. The van der Waals surface area contributed by atoms with Gasteiger partial charge in [0.2, 0.25) is 0 Å². The van der Waals surface area contributed by atoms with Crippen molar-refractivity contribution < 1.29 is 9.18 Å². The largest absolute Gasteiger partial charge is 0.294 e. The fourth-order valence-electron chi connectivity index (χ4n) is 1.64. The zero-order valence-electron chi connectivity index (χ0n) is 9.29. The molecule has 0 unspecified atom stereocenters. The maximum Gasteiger partial charge on any atom is 0.168 e. The van der Waals surface area contributed by atoms with E-state index in [1.165, 1.54) is 12.1 Å². The minimum Gasteiger partial charge on any atom is -0.294 e. The molecule has 0 N–H and O–H groups in total. The Kier molecular flexibility index (Phi) is 4.00. The number of Topliss-reactive ketones (excluding diaryl/α,β-unsaturated/α-hetero) is 1. The SMILES string of the molecule is O=C(Cc1cccc(Cl)c1F)c1ccccc1Cl. The van der Waals surface area contributed by atoms with Gasteiger partial charge in [0.1, 0.15) is 5.82 Å². The molecule has 2 aromatic carbocycles. The van der Waals surface area contributed by atoms with Gasteiger partial charge in [0, 0.05) is 12.0 Å². The van der Waals surface area contributed by atoms with E-state index in [2.05, 4.69) is 0 Å². The van der Waals surface area contributed by atoms with Crippen molar-refractivity contribution in [1.82, 2.24) is 0 Å². The molecule has 0 spiro atoms. The predicted molar refractivity (Wildman–Crippen MR) is 70.9 cm³/mol. The average molecular weight is 283 g/mol. The zero-order chi connectivity index (χ0) is 13.1. The highest BCUT2D eigenvalue weighted by Gasteiger charge is 2.14. The van der Waals surface area contributed by atoms with Crippen molar-refractivity contribution in [3.63, 3.8) is 0 Å². The Hall–Kier alpha value is -1.38. The summed E-state index contributed by atoms with van der Waals surface area (Å²) in [5.41, 5.74) is 0.658. The number of halogens is 3. The van der Waals surface area contributed by atoms with Crippen LogP contribution in [0.15, 0.2) is 42.5 Å². The molecule has 2 rings (SSSR count). The Morgan fingerprint density at radius 2 is 1.67 bits per heavy atom.